The molecule has 1 fully saturated rings. The van der Waals surface area contributed by atoms with Crippen LogP contribution in [0.3, 0.4) is 0 Å². The smallest absolute Gasteiger partial charge is 0.141 e. The number of thiophene rings is 1. The summed E-state index contributed by atoms with van der Waals surface area (Å²) < 4.78 is 0. The largest absolute Gasteiger partial charge is 0.345 e. The van der Waals surface area contributed by atoms with Crippen LogP contribution in [-0.2, 0) is 0 Å². The summed E-state index contributed by atoms with van der Waals surface area (Å²) in [5.74, 6) is 1.07. The van der Waals surface area contributed by atoms with Gasteiger partial charge in [0, 0.05) is 16.0 Å². The lowest BCUT2D eigenvalue weighted by molar-refractivity contribution is -0.898. The number of rotatable bonds is 3. The Morgan fingerprint density at radius 1 is 1.17 bits per heavy atom. The molecule has 4 rings (SSSR count). The predicted molar refractivity (Wildman–Crippen MR) is 101 cm³/mol. The minimum atomic E-state index is 0.758. The average Bonchev–Trinajstić information content (AvgIpc) is 3.07. The number of aromatic nitrogens is 2. The zero-order chi connectivity index (χ0) is 16.5. The SMILES string of the molecule is CC[NH+]1CCN(c2ncnc3scc(-c4ccc(Cl)cc4)c23)CC1. The van der Waals surface area contributed by atoms with Crippen molar-refractivity contribution in [2.75, 3.05) is 37.6 Å². The summed E-state index contributed by atoms with van der Waals surface area (Å²) >= 11 is 7.72. The van der Waals surface area contributed by atoms with Gasteiger partial charge >= 0.3 is 0 Å². The third kappa shape index (κ3) is 2.88. The fourth-order valence-electron chi connectivity index (χ4n) is 3.33. The van der Waals surface area contributed by atoms with E-state index in [4.69, 9.17) is 11.6 Å². The van der Waals surface area contributed by atoms with E-state index in [2.05, 4.69) is 39.3 Å². The molecule has 24 heavy (non-hydrogen) atoms. The van der Waals surface area contributed by atoms with Gasteiger partial charge < -0.3 is 9.80 Å². The molecule has 1 aliphatic heterocycles. The number of benzene rings is 1. The number of piperazine rings is 1. The Hall–Kier alpha value is -1.69. The average molecular weight is 360 g/mol. The molecule has 1 saturated heterocycles. The number of halogens is 1. The summed E-state index contributed by atoms with van der Waals surface area (Å²) in [6.45, 7) is 7.88. The Bertz CT molecular complexity index is 838. The van der Waals surface area contributed by atoms with Gasteiger partial charge in [0.2, 0.25) is 0 Å². The lowest BCUT2D eigenvalue weighted by Gasteiger charge is -2.32. The number of anilines is 1. The van der Waals surface area contributed by atoms with Gasteiger partial charge in [0.1, 0.15) is 17.0 Å². The van der Waals surface area contributed by atoms with Crippen LogP contribution < -0.4 is 9.80 Å². The molecule has 0 unspecified atom stereocenters. The van der Waals surface area contributed by atoms with Crippen molar-refractivity contribution in [2.45, 2.75) is 6.92 Å². The second kappa shape index (κ2) is 6.67. The highest BCUT2D eigenvalue weighted by Gasteiger charge is 2.23. The first-order valence-electron chi connectivity index (χ1n) is 8.33. The first kappa shape index (κ1) is 15.8. The highest BCUT2D eigenvalue weighted by Crippen LogP contribution is 2.38. The lowest BCUT2D eigenvalue weighted by atomic mass is 10.1. The van der Waals surface area contributed by atoms with Gasteiger partial charge in [-0.05, 0) is 24.6 Å². The summed E-state index contributed by atoms with van der Waals surface area (Å²) in [5.41, 5.74) is 2.37. The molecule has 0 radical (unpaired) electrons. The number of nitrogens with zero attached hydrogens (tertiary/aromatic N) is 3. The molecule has 0 spiro atoms. The predicted octanol–water partition coefficient (Wildman–Crippen LogP) is 2.74. The molecule has 124 valence electrons. The van der Waals surface area contributed by atoms with Crippen LogP contribution in [0.15, 0.2) is 36.0 Å². The molecule has 0 bridgehead atoms. The first-order valence-corrected chi connectivity index (χ1v) is 9.58. The summed E-state index contributed by atoms with van der Waals surface area (Å²) in [5, 5.41) is 4.11. The number of nitrogens with one attached hydrogen (secondary N) is 1. The van der Waals surface area contributed by atoms with Gasteiger partial charge in [-0.1, -0.05) is 23.7 Å². The van der Waals surface area contributed by atoms with E-state index >= 15 is 0 Å². The molecule has 6 heteroatoms. The highest BCUT2D eigenvalue weighted by atomic mass is 35.5. The van der Waals surface area contributed by atoms with Gasteiger partial charge in [-0.25, -0.2) is 9.97 Å². The Morgan fingerprint density at radius 2 is 1.92 bits per heavy atom. The van der Waals surface area contributed by atoms with Gasteiger partial charge in [0.05, 0.1) is 38.1 Å². The molecule has 2 aromatic heterocycles. The van der Waals surface area contributed by atoms with E-state index in [1.54, 1.807) is 22.6 Å². The molecule has 0 saturated carbocycles. The van der Waals surface area contributed by atoms with Crippen molar-refractivity contribution in [2.24, 2.45) is 0 Å². The second-order valence-corrected chi connectivity index (χ2v) is 7.42. The molecule has 4 nitrogen and oxygen atoms in total. The Balaban J connectivity index is 1.76. The van der Waals surface area contributed by atoms with Crippen LogP contribution in [-0.4, -0.2) is 42.7 Å². The van der Waals surface area contributed by atoms with Gasteiger partial charge in [0.15, 0.2) is 0 Å². The van der Waals surface area contributed by atoms with Crippen molar-refractivity contribution in [3.63, 3.8) is 0 Å². The quantitative estimate of drug-likeness (QED) is 0.780. The van der Waals surface area contributed by atoms with E-state index in [0.717, 1.165) is 28.8 Å². The van der Waals surface area contributed by atoms with Crippen molar-refractivity contribution >= 4 is 39.0 Å². The van der Waals surface area contributed by atoms with E-state index in [1.807, 2.05) is 12.1 Å². The standard InChI is InChI=1S/C18H19ClN4S/c1-2-22-7-9-23(10-8-22)17-16-15(11-24-18(16)21-12-20-17)13-3-5-14(19)6-4-13/h3-6,11-12H,2,7-10H2,1H3/p+1. The van der Waals surface area contributed by atoms with Crippen LogP contribution in [0.4, 0.5) is 5.82 Å². The van der Waals surface area contributed by atoms with Crippen molar-refractivity contribution in [1.82, 2.24) is 9.97 Å². The number of fused-ring (bicyclic) bond motifs is 1. The molecule has 1 aliphatic rings. The molecule has 0 atom stereocenters. The van der Waals surface area contributed by atoms with E-state index < -0.39 is 0 Å². The minimum Gasteiger partial charge on any atom is -0.345 e. The second-order valence-electron chi connectivity index (χ2n) is 6.12. The number of hydrogen-bond donors (Lipinski definition) is 1. The molecule has 3 aromatic rings. The molecule has 0 aliphatic carbocycles. The normalized spacial score (nSPS) is 16.0. The maximum Gasteiger partial charge on any atom is 0.141 e. The van der Waals surface area contributed by atoms with Gasteiger partial charge in [0.25, 0.3) is 0 Å². The van der Waals surface area contributed by atoms with Crippen LogP contribution in [0.2, 0.25) is 5.02 Å². The van der Waals surface area contributed by atoms with Crippen LogP contribution in [0.25, 0.3) is 21.3 Å². The van der Waals surface area contributed by atoms with Crippen LogP contribution in [0.1, 0.15) is 6.92 Å². The van der Waals surface area contributed by atoms with Gasteiger partial charge in [-0.2, -0.15) is 0 Å². The Labute approximate surface area is 150 Å². The Kier molecular flexibility index (Phi) is 4.39. The topological polar surface area (TPSA) is 33.5 Å². The monoisotopic (exact) mass is 359 g/mol. The first-order chi connectivity index (χ1) is 11.8. The van der Waals surface area contributed by atoms with Crippen molar-refractivity contribution in [3.8, 4) is 11.1 Å². The van der Waals surface area contributed by atoms with Crippen LogP contribution in [0.5, 0.6) is 0 Å². The van der Waals surface area contributed by atoms with Crippen LogP contribution >= 0.6 is 22.9 Å². The lowest BCUT2D eigenvalue weighted by Crippen LogP contribution is -3.14. The van der Waals surface area contributed by atoms with E-state index in [-0.39, 0.29) is 0 Å². The third-order valence-electron chi connectivity index (χ3n) is 4.78. The highest BCUT2D eigenvalue weighted by molar-refractivity contribution is 7.17. The van der Waals surface area contributed by atoms with E-state index in [9.17, 15) is 0 Å². The fraction of sp³-hybridized carbons (Fsp3) is 0.333. The van der Waals surface area contributed by atoms with Crippen LogP contribution in [0, 0.1) is 0 Å². The molecular weight excluding hydrogens is 340 g/mol. The van der Waals surface area contributed by atoms with Gasteiger partial charge in [-0.3, -0.25) is 0 Å². The third-order valence-corrected chi connectivity index (χ3v) is 5.91. The van der Waals surface area contributed by atoms with E-state index in [1.165, 1.54) is 36.1 Å². The Morgan fingerprint density at radius 3 is 2.62 bits per heavy atom. The number of likely N-dealkylation sites (N-methyl/N-ethyl adjacent to an activating group) is 1. The number of hydrogen-bond acceptors (Lipinski definition) is 4. The van der Waals surface area contributed by atoms with Crippen molar-refractivity contribution in [3.05, 3.63) is 41.0 Å². The summed E-state index contributed by atoms with van der Waals surface area (Å²) in [7, 11) is 0. The molecule has 1 N–H and O–H groups in total. The van der Waals surface area contributed by atoms with E-state index in [0.29, 0.717) is 0 Å². The maximum atomic E-state index is 6.04. The summed E-state index contributed by atoms with van der Waals surface area (Å²) in [4.78, 5) is 14.3. The maximum absolute atomic E-state index is 6.04. The minimum absolute atomic E-state index is 0.758. The number of quaternary nitrogens is 1. The van der Waals surface area contributed by atoms with Crippen molar-refractivity contribution < 1.29 is 4.90 Å². The van der Waals surface area contributed by atoms with Crippen molar-refractivity contribution in [1.29, 1.82) is 0 Å². The molecule has 3 heterocycles. The fourth-order valence-corrected chi connectivity index (χ4v) is 4.37. The summed E-state index contributed by atoms with van der Waals surface area (Å²) in [6, 6.07) is 8.01. The molecule has 1 aromatic carbocycles. The van der Waals surface area contributed by atoms with Gasteiger partial charge in [-0.15, -0.1) is 11.3 Å². The summed E-state index contributed by atoms with van der Waals surface area (Å²) in [6.07, 6.45) is 1.69. The zero-order valence-corrected chi connectivity index (χ0v) is 15.2. The molecular formula is C18H20ClN4S+. The zero-order valence-electron chi connectivity index (χ0n) is 13.6. The molecule has 0 amide bonds.